The van der Waals surface area contributed by atoms with Gasteiger partial charge in [-0.1, -0.05) is 87.5 Å². The number of aryl methyl sites for hydroxylation is 1. The highest BCUT2D eigenvalue weighted by Crippen LogP contribution is 2.33. The Balaban J connectivity index is 0.000000226. The molecule has 214 valence electrons. The molecule has 1 aliphatic carbocycles. The zero-order chi connectivity index (χ0) is 30.2. The molecule has 3 aromatic rings. The van der Waals surface area contributed by atoms with E-state index < -0.39 is 23.5 Å². The molecular weight excluding hydrogens is 536 g/mol. The average molecular weight is 568 g/mol. The van der Waals surface area contributed by atoms with Gasteiger partial charge < -0.3 is 0 Å². The number of rotatable bonds is 5. The first-order valence-electron chi connectivity index (χ1n) is 13.2. The van der Waals surface area contributed by atoms with Crippen LogP contribution in [0.3, 0.4) is 0 Å². The van der Waals surface area contributed by atoms with Gasteiger partial charge in [-0.15, -0.1) is 0 Å². The molecule has 0 saturated heterocycles. The van der Waals surface area contributed by atoms with Gasteiger partial charge in [-0.2, -0.15) is 31.6 Å². The molecule has 41 heavy (non-hydrogen) atoms. The highest BCUT2D eigenvalue weighted by molar-refractivity contribution is 5.40. The molecule has 0 bridgehead atoms. The van der Waals surface area contributed by atoms with Gasteiger partial charge in [-0.25, -0.2) is 0 Å². The lowest BCUT2D eigenvalue weighted by atomic mass is 9.86. The lowest BCUT2D eigenvalue weighted by molar-refractivity contribution is -0.138. The number of allylic oxidation sites excluding steroid dienone is 6. The van der Waals surface area contributed by atoms with Crippen molar-refractivity contribution in [3.63, 3.8) is 0 Å². The van der Waals surface area contributed by atoms with Crippen molar-refractivity contribution in [3.05, 3.63) is 142 Å². The fourth-order valence-electron chi connectivity index (χ4n) is 4.42. The molecule has 0 radical (unpaired) electrons. The standard InChI is InChI=1S/C17H14F3N.C17H17F3/c1-12(14-4-2-3-13(11-21)5-6-14)15-7-9-16(10-8-15)17(18,19)20;1-3-13-4-6-14(7-5-13)12(2)15-8-10-16(11-9-15)17(18,19)20/h2-10,12,14H,1H3;4-12H,3H2,1-2H3. The van der Waals surface area contributed by atoms with Gasteiger partial charge in [0.05, 0.1) is 22.8 Å². The molecule has 1 aliphatic rings. The van der Waals surface area contributed by atoms with Crippen LogP contribution in [0.15, 0.2) is 109 Å². The zero-order valence-corrected chi connectivity index (χ0v) is 23.0. The van der Waals surface area contributed by atoms with E-state index in [0.29, 0.717) is 5.57 Å². The number of halogens is 6. The van der Waals surface area contributed by atoms with E-state index in [0.717, 1.165) is 47.4 Å². The van der Waals surface area contributed by atoms with Crippen LogP contribution in [0.5, 0.6) is 0 Å². The average Bonchev–Trinajstić information content (AvgIpc) is 3.22. The van der Waals surface area contributed by atoms with E-state index >= 15 is 0 Å². The fourth-order valence-corrected chi connectivity index (χ4v) is 4.42. The zero-order valence-electron chi connectivity index (χ0n) is 23.0. The predicted molar refractivity (Wildman–Crippen MR) is 150 cm³/mol. The van der Waals surface area contributed by atoms with Crippen LogP contribution in [-0.4, -0.2) is 0 Å². The van der Waals surface area contributed by atoms with Crippen molar-refractivity contribution in [2.75, 3.05) is 0 Å². The van der Waals surface area contributed by atoms with Gasteiger partial charge >= 0.3 is 12.4 Å². The topological polar surface area (TPSA) is 23.8 Å². The molecule has 0 amide bonds. The third kappa shape index (κ3) is 8.72. The maximum Gasteiger partial charge on any atom is 0.416 e. The Morgan fingerprint density at radius 2 is 1.17 bits per heavy atom. The summed E-state index contributed by atoms with van der Waals surface area (Å²) in [6.07, 6.45) is 1.52. The number of nitriles is 1. The second kappa shape index (κ2) is 13.5. The Labute approximate surface area is 237 Å². The molecule has 3 unspecified atom stereocenters. The molecule has 3 aromatic carbocycles. The minimum Gasteiger partial charge on any atom is -0.192 e. The number of hydrogen-bond acceptors (Lipinski definition) is 1. The molecule has 0 saturated carbocycles. The van der Waals surface area contributed by atoms with Gasteiger partial charge in [0.2, 0.25) is 0 Å². The van der Waals surface area contributed by atoms with Gasteiger partial charge in [0.1, 0.15) is 0 Å². The van der Waals surface area contributed by atoms with E-state index in [9.17, 15) is 26.3 Å². The lowest BCUT2D eigenvalue weighted by Gasteiger charge is -2.18. The number of hydrogen-bond donors (Lipinski definition) is 0. The first-order valence-corrected chi connectivity index (χ1v) is 13.2. The largest absolute Gasteiger partial charge is 0.416 e. The lowest BCUT2D eigenvalue weighted by Crippen LogP contribution is -2.07. The third-order valence-corrected chi connectivity index (χ3v) is 7.20. The summed E-state index contributed by atoms with van der Waals surface area (Å²) >= 11 is 0. The van der Waals surface area contributed by atoms with Crippen molar-refractivity contribution >= 4 is 0 Å². The molecule has 0 aromatic heterocycles. The molecule has 0 N–H and O–H groups in total. The fraction of sp³-hybridized carbons (Fsp3) is 0.265. The van der Waals surface area contributed by atoms with E-state index in [-0.39, 0.29) is 17.8 Å². The SMILES string of the molecule is CC(c1ccc(C(F)(F)F)cc1)C1C=CC=C(C#N)C=C1.CCc1ccc(C(C)c2ccc(C(F)(F)F)cc2)cc1. The predicted octanol–water partition coefficient (Wildman–Crippen LogP) is 10.4. The van der Waals surface area contributed by atoms with Gasteiger partial charge in [-0.3, -0.25) is 0 Å². The second-order valence-electron chi connectivity index (χ2n) is 9.90. The van der Waals surface area contributed by atoms with Crippen LogP contribution in [-0.2, 0) is 18.8 Å². The van der Waals surface area contributed by atoms with Crippen LogP contribution in [0.2, 0.25) is 0 Å². The van der Waals surface area contributed by atoms with Gasteiger partial charge in [0, 0.05) is 11.8 Å². The Kier molecular flexibility index (Phi) is 10.4. The van der Waals surface area contributed by atoms with E-state index in [4.69, 9.17) is 5.26 Å². The van der Waals surface area contributed by atoms with Crippen LogP contribution in [0.1, 0.15) is 66.0 Å². The van der Waals surface area contributed by atoms with Crippen LogP contribution >= 0.6 is 0 Å². The summed E-state index contributed by atoms with van der Waals surface area (Å²) in [4.78, 5) is 0. The van der Waals surface area contributed by atoms with Gasteiger partial charge in [-0.05, 0) is 71.0 Å². The highest BCUT2D eigenvalue weighted by Gasteiger charge is 2.31. The van der Waals surface area contributed by atoms with Crippen molar-refractivity contribution < 1.29 is 26.3 Å². The van der Waals surface area contributed by atoms with E-state index in [2.05, 4.69) is 25.1 Å². The van der Waals surface area contributed by atoms with Crippen LogP contribution in [0, 0.1) is 17.2 Å². The summed E-state index contributed by atoms with van der Waals surface area (Å²) in [5.41, 5.74) is 3.42. The number of nitrogens with zero attached hydrogens (tertiary/aromatic N) is 1. The maximum absolute atomic E-state index is 12.6. The van der Waals surface area contributed by atoms with Crippen LogP contribution < -0.4 is 0 Å². The second-order valence-corrected chi connectivity index (χ2v) is 9.90. The highest BCUT2D eigenvalue weighted by atomic mass is 19.4. The molecule has 7 heteroatoms. The van der Waals surface area contributed by atoms with Gasteiger partial charge in [0.25, 0.3) is 0 Å². The van der Waals surface area contributed by atoms with Crippen molar-refractivity contribution in [3.8, 4) is 6.07 Å². The normalized spacial score (nSPS) is 16.5. The first kappa shape index (κ1) is 31.5. The Morgan fingerprint density at radius 1 is 0.707 bits per heavy atom. The van der Waals surface area contributed by atoms with E-state index in [1.54, 1.807) is 24.3 Å². The minimum absolute atomic E-state index is 0.0335. The molecule has 1 nitrogen and oxygen atoms in total. The number of benzene rings is 3. The van der Waals surface area contributed by atoms with E-state index in [1.807, 2.05) is 44.2 Å². The van der Waals surface area contributed by atoms with Gasteiger partial charge in [0.15, 0.2) is 0 Å². The summed E-state index contributed by atoms with van der Waals surface area (Å²) in [6, 6.07) is 20.9. The summed E-state index contributed by atoms with van der Waals surface area (Å²) < 4.78 is 75.2. The molecule has 0 heterocycles. The van der Waals surface area contributed by atoms with Crippen molar-refractivity contribution in [2.45, 2.75) is 51.4 Å². The molecule has 0 spiro atoms. The molecule has 4 rings (SSSR count). The maximum atomic E-state index is 12.6. The molecular formula is C34H31F6N. The summed E-state index contributed by atoms with van der Waals surface area (Å²) in [5, 5.41) is 8.85. The van der Waals surface area contributed by atoms with Crippen molar-refractivity contribution in [1.82, 2.24) is 0 Å². The number of alkyl halides is 6. The van der Waals surface area contributed by atoms with Crippen LogP contribution in [0.25, 0.3) is 0 Å². The third-order valence-electron chi connectivity index (χ3n) is 7.20. The van der Waals surface area contributed by atoms with E-state index in [1.165, 1.54) is 17.7 Å². The van der Waals surface area contributed by atoms with Crippen LogP contribution in [0.4, 0.5) is 26.3 Å². The monoisotopic (exact) mass is 567 g/mol. The smallest absolute Gasteiger partial charge is 0.192 e. The minimum atomic E-state index is -4.31. The quantitative estimate of drug-likeness (QED) is 0.281. The molecule has 0 fully saturated rings. The Bertz CT molecular complexity index is 1400. The Hall–Kier alpha value is -4.05. The molecule has 3 atom stereocenters. The van der Waals surface area contributed by atoms with Crippen molar-refractivity contribution in [2.24, 2.45) is 5.92 Å². The molecule has 0 aliphatic heterocycles. The first-order chi connectivity index (χ1) is 19.3. The summed E-state index contributed by atoms with van der Waals surface area (Å²) in [6.45, 7) is 6.05. The van der Waals surface area contributed by atoms with Crippen molar-refractivity contribution in [1.29, 1.82) is 5.26 Å². The summed E-state index contributed by atoms with van der Waals surface area (Å²) in [7, 11) is 0. The summed E-state index contributed by atoms with van der Waals surface area (Å²) in [5.74, 6) is 0.165. The Morgan fingerprint density at radius 3 is 1.61 bits per heavy atom.